The monoisotopic (exact) mass is 354 g/mol. The predicted octanol–water partition coefficient (Wildman–Crippen LogP) is 3.87. The van der Waals surface area contributed by atoms with Crippen LogP contribution in [0.25, 0.3) is 0 Å². The van der Waals surface area contributed by atoms with Crippen molar-refractivity contribution in [2.45, 2.75) is 37.5 Å². The second-order valence-corrected chi connectivity index (χ2v) is 7.62. The highest BCUT2D eigenvalue weighted by Crippen LogP contribution is 2.54. The van der Waals surface area contributed by atoms with Crippen molar-refractivity contribution in [3.05, 3.63) is 33.8 Å². The first-order valence-electron chi connectivity index (χ1n) is 8.47. The lowest BCUT2D eigenvalue weighted by atomic mass is 9.90. The van der Waals surface area contributed by atoms with Crippen molar-refractivity contribution in [3.8, 4) is 0 Å². The Balaban J connectivity index is 1.69. The van der Waals surface area contributed by atoms with Gasteiger partial charge in [-0.3, -0.25) is 4.79 Å². The van der Waals surface area contributed by atoms with Crippen LogP contribution in [0.1, 0.15) is 37.7 Å². The number of halogens is 2. The van der Waals surface area contributed by atoms with Crippen molar-refractivity contribution >= 4 is 29.1 Å². The van der Waals surface area contributed by atoms with Gasteiger partial charge >= 0.3 is 0 Å². The van der Waals surface area contributed by atoms with Crippen molar-refractivity contribution in [2.24, 2.45) is 5.92 Å². The number of benzene rings is 1. The van der Waals surface area contributed by atoms with Crippen LogP contribution in [0.3, 0.4) is 0 Å². The highest BCUT2D eigenvalue weighted by molar-refractivity contribution is 6.36. The van der Waals surface area contributed by atoms with Gasteiger partial charge in [0.05, 0.1) is 5.41 Å². The first-order chi connectivity index (χ1) is 11.1. The summed E-state index contributed by atoms with van der Waals surface area (Å²) in [7, 11) is 1.99. The lowest BCUT2D eigenvalue weighted by Crippen LogP contribution is -2.44. The molecule has 2 aliphatic rings. The SMILES string of the molecule is CNCCC1CCN(C(=O)C2(c3c(Cl)cccc3Cl)CC2)CC1. The Morgan fingerprint density at radius 3 is 2.39 bits per heavy atom. The Morgan fingerprint density at radius 2 is 1.87 bits per heavy atom. The Bertz CT molecular complexity index is 558. The molecule has 0 spiro atoms. The fraction of sp³-hybridized carbons (Fsp3) is 0.611. The van der Waals surface area contributed by atoms with Crippen molar-refractivity contribution in [3.63, 3.8) is 0 Å². The number of piperidine rings is 1. The van der Waals surface area contributed by atoms with E-state index < -0.39 is 5.41 Å². The van der Waals surface area contributed by atoms with E-state index in [1.54, 1.807) is 0 Å². The molecule has 0 bridgehead atoms. The number of carbonyl (C=O) groups is 1. The minimum atomic E-state index is -0.465. The number of likely N-dealkylation sites (tertiary alicyclic amines) is 1. The van der Waals surface area contributed by atoms with Crippen LogP contribution in [0.2, 0.25) is 10.0 Å². The second-order valence-electron chi connectivity index (χ2n) is 6.81. The molecule has 0 unspecified atom stereocenters. The molecule has 1 saturated carbocycles. The molecule has 3 nitrogen and oxygen atoms in total. The summed E-state index contributed by atoms with van der Waals surface area (Å²) in [5.74, 6) is 0.949. The summed E-state index contributed by atoms with van der Waals surface area (Å²) in [4.78, 5) is 15.1. The van der Waals surface area contributed by atoms with Gasteiger partial charge in [0, 0.05) is 28.7 Å². The van der Waals surface area contributed by atoms with Gasteiger partial charge in [-0.15, -0.1) is 0 Å². The van der Waals surface area contributed by atoms with Crippen LogP contribution in [-0.4, -0.2) is 37.5 Å². The number of nitrogens with one attached hydrogen (secondary N) is 1. The molecule has 0 aromatic heterocycles. The lowest BCUT2D eigenvalue weighted by molar-refractivity contribution is -0.135. The summed E-state index contributed by atoms with van der Waals surface area (Å²) in [5, 5.41) is 4.44. The highest BCUT2D eigenvalue weighted by atomic mass is 35.5. The van der Waals surface area contributed by atoms with Crippen molar-refractivity contribution in [2.75, 3.05) is 26.7 Å². The van der Waals surface area contributed by atoms with Crippen LogP contribution < -0.4 is 5.32 Å². The van der Waals surface area contributed by atoms with Crippen molar-refractivity contribution < 1.29 is 4.79 Å². The van der Waals surface area contributed by atoms with Gasteiger partial charge < -0.3 is 10.2 Å². The van der Waals surface area contributed by atoms with Gasteiger partial charge in [0.25, 0.3) is 0 Å². The van der Waals surface area contributed by atoms with E-state index in [-0.39, 0.29) is 5.91 Å². The van der Waals surface area contributed by atoms with Gasteiger partial charge in [0.1, 0.15) is 0 Å². The summed E-state index contributed by atoms with van der Waals surface area (Å²) in [6, 6.07) is 5.50. The lowest BCUT2D eigenvalue weighted by Gasteiger charge is -2.35. The third-order valence-electron chi connectivity index (χ3n) is 5.31. The molecular weight excluding hydrogens is 331 g/mol. The molecule has 1 N–H and O–H groups in total. The number of carbonyl (C=O) groups excluding carboxylic acids is 1. The Morgan fingerprint density at radius 1 is 1.26 bits per heavy atom. The molecule has 1 aromatic carbocycles. The van der Waals surface area contributed by atoms with E-state index in [9.17, 15) is 4.79 Å². The zero-order chi connectivity index (χ0) is 16.4. The number of nitrogens with zero attached hydrogens (tertiary/aromatic N) is 1. The van der Waals surface area contributed by atoms with Crippen LogP contribution in [0.15, 0.2) is 18.2 Å². The predicted molar refractivity (Wildman–Crippen MR) is 95.2 cm³/mol. The van der Waals surface area contributed by atoms with Crippen molar-refractivity contribution in [1.82, 2.24) is 10.2 Å². The number of amides is 1. The van der Waals surface area contributed by atoms with E-state index >= 15 is 0 Å². The van der Waals surface area contributed by atoms with Gasteiger partial charge in [-0.05, 0) is 63.7 Å². The van der Waals surface area contributed by atoms with Crippen LogP contribution in [0.5, 0.6) is 0 Å². The minimum absolute atomic E-state index is 0.222. The quantitative estimate of drug-likeness (QED) is 0.870. The molecule has 1 amide bonds. The zero-order valence-corrected chi connectivity index (χ0v) is 15.1. The summed E-state index contributed by atoms with van der Waals surface area (Å²) in [6.45, 7) is 2.77. The minimum Gasteiger partial charge on any atom is -0.342 e. The average molecular weight is 355 g/mol. The van der Waals surface area contributed by atoms with Crippen molar-refractivity contribution in [1.29, 1.82) is 0 Å². The maximum Gasteiger partial charge on any atom is 0.233 e. The molecular formula is C18H24Cl2N2O. The average Bonchev–Trinajstić information content (AvgIpc) is 3.34. The Hall–Kier alpha value is -0.770. The highest BCUT2D eigenvalue weighted by Gasteiger charge is 2.55. The van der Waals surface area contributed by atoms with Gasteiger partial charge in [-0.25, -0.2) is 0 Å². The molecule has 1 aromatic rings. The second kappa shape index (κ2) is 7.00. The molecule has 1 saturated heterocycles. The molecule has 5 heteroatoms. The Labute approximate surface area is 148 Å². The summed E-state index contributed by atoms with van der Waals surface area (Å²) < 4.78 is 0. The summed E-state index contributed by atoms with van der Waals surface area (Å²) >= 11 is 12.7. The molecule has 2 fully saturated rings. The maximum atomic E-state index is 13.1. The third kappa shape index (κ3) is 3.38. The fourth-order valence-electron chi connectivity index (χ4n) is 3.73. The third-order valence-corrected chi connectivity index (χ3v) is 5.93. The Kier molecular flexibility index (Phi) is 5.19. The summed E-state index contributed by atoms with van der Waals surface area (Å²) in [5.41, 5.74) is 0.374. The van der Waals surface area contributed by atoms with Gasteiger partial charge in [0.2, 0.25) is 5.91 Å². The van der Waals surface area contributed by atoms with E-state index in [2.05, 4.69) is 5.32 Å². The molecule has 126 valence electrons. The molecule has 0 atom stereocenters. The van der Waals surface area contributed by atoms with Crippen LogP contribution in [0, 0.1) is 5.92 Å². The van der Waals surface area contributed by atoms with E-state index in [0.717, 1.165) is 56.8 Å². The molecule has 1 heterocycles. The molecule has 3 rings (SSSR count). The van der Waals surface area contributed by atoms with E-state index in [1.807, 2.05) is 30.1 Å². The number of hydrogen-bond donors (Lipinski definition) is 1. The van der Waals surface area contributed by atoms with Crippen LogP contribution in [0.4, 0.5) is 0 Å². The standard InChI is InChI=1S/C18H24Cl2N2O/c1-21-10-5-13-6-11-22(12-7-13)17(23)18(8-9-18)16-14(19)3-2-4-15(16)20/h2-4,13,21H,5-12H2,1H3. The van der Waals surface area contributed by atoms with Gasteiger partial charge in [-0.1, -0.05) is 29.3 Å². The first-order valence-corrected chi connectivity index (χ1v) is 9.22. The zero-order valence-electron chi connectivity index (χ0n) is 13.6. The van der Waals surface area contributed by atoms with Gasteiger partial charge in [-0.2, -0.15) is 0 Å². The topological polar surface area (TPSA) is 32.3 Å². The van der Waals surface area contributed by atoms with E-state index in [4.69, 9.17) is 23.2 Å². The van der Waals surface area contributed by atoms with Crippen LogP contribution in [-0.2, 0) is 10.2 Å². The van der Waals surface area contributed by atoms with E-state index in [0.29, 0.717) is 10.0 Å². The fourth-order valence-corrected chi connectivity index (χ4v) is 4.49. The largest absolute Gasteiger partial charge is 0.342 e. The molecule has 23 heavy (non-hydrogen) atoms. The number of rotatable bonds is 5. The summed E-state index contributed by atoms with van der Waals surface area (Å²) in [6.07, 6.45) is 5.10. The number of hydrogen-bond acceptors (Lipinski definition) is 2. The maximum absolute atomic E-state index is 13.1. The van der Waals surface area contributed by atoms with Crippen LogP contribution >= 0.6 is 23.2 Å². The van der Waals surface area contributed by atoms with Gasteiger partial charge in [0.15, 0.2) is 0 Å². The normalized spacial score (nSPS) is 20.6. The van der Waals surface area contributed by atoms with E-state index in [1.165, 1.54) is 6.42 Å². The first kappa shape index (κ1) is 17.1. The molecule has 1 aliphatic heterocycles. The molecule has 0 radical (unpaired) electrons. The molecule has 1 aliphatic carbocycles. The smallest absolute Gasteiger partial charge is 0.233 e.